The van der Waals surface area contributed by atoms with Crippen LogP contribution in [0, 0.1) is 5.92 Å². The van der Waals surface area contributed by atoms with Gasteiger partial charge in [-0.3, -0.25) is 9.78 Å². The van der Waals surface area contributed by atoms with Crippen molar-refractivity contribution in [2.24, 2.45) is 5.92 Å². The van der Waals surface area contributed by atoms with Gasteiger partial charge in [-0.1, -0.05) is 25.8 Å². The van der Waals surface area contributed by atoms with Gasteiger partial charge >= 0.3 is 5.97 Å². The number of hydrogen-bond donors (Lipinski definition) is 2. The van der Waals surface area contributed by atoms with Crippen LogP contribution in [0.3, 0.4) is 0 Å². The van der Waals surface area contributed by atoms with E-state index in [4.69, 9.17) is 0 Å². The fourth-order valence-corrected chi connectivity index (χ4v) is 2.69. The van der Waals surface area contributed by atoms with E-state index in [1.807, 2.05) is 6.92 Å². The van der Waals surface area contributed by atoms with Crippen molar-refractivity contribution in [3.05, 3.63) is 30.1 Å². The average molecular weight is 262 g/mol. The molecule has 2 N–H and O–H groups in total. The smallest absolute Gasteiger partial charge is 0.329 e. The summed E-state index contributed by atoms with van der Waals surface area (Å²) in [4.78, 5) is 27.6. The van der Waals surface area contributed by atoms with Crippen molar-refractivity contribution in [2.75, 3.05) is 0 Å². The van der Waals surface area contributed by atoms with Gasteiger partial charge in [0.25, 0.3) is 5.91 Å². The summed E-state index contributed by atoms with van der Waals surface area (Å²) < 4.78 is 0. The molecule has 0 spiro atoms. The van der Waals surface area contributed by atoms with E-state index in [9.17, 15) is 14.7 Å². The van der Waals surface area contributed by atoms with Crippen LogP contribution in [0.4, 0.5) is 0 Å². The first-order valence-corrected chi connectivity index (χ1v) is 6.50. The Morgan fingerprint density at radius 3 is 2.84 bits per heavy atom. The fourth-order valence-electron chi connectivity index (χ4n) is 2.69. The second-order valence-corrected chi connectivity index (χ2v) is 5.26. The molecule has 1 fully saturated rings. The van der Waals surface area contributed by atoms with Gasteiger partial charge in [-0.05, 0) is 30.9 Å². The van der Waals surface area contributed by atoms with Crippen LogP contribution in [-0.4, -0.2) is 27.5 Å². The second kappa shape index (κ2) is 5.38. The number of carboxylic acid groups (broad SMARTS) is 1. The van der Waals surface area contributed by atoms with Gasteiger partial charge in [0.15, 0.2) is 0 Å². The minimum atomic E-state index is -1.15. The van der Waals surface area contributed by atoms with E-state index in [-0.39, 0.29) is 5.69 Å². The second-order valence-electron chi connectivity index (χ2n) is 5.26. The lowest BCUT2D eigenvalue weighted by molar-refractivity contribution is -0.146. The fraction of sp³-hybridized carbons (Fsp3) is 0.500. The number of aromatic nitrogens is 1. The SMILES string of the molecule is C[C@H]1CCC[C@@](NC(=O)c2ccccn2)(C(=O)O)C1. The number of hydrogen-bond acceptors (Lipinski definition) is 3. The van der Waals surface area contributed by atoms with Gasteiger partial charge in [-0.15, -0.1) is 0 Å². The quantitative estimate of drug-likeness (QED) is 0.871. The third kappa shape index (κ3) is 2.92. The summed E-state index contributed by atoms with van der Waals surface area (Å²) in [5.74, 6) is -1.07. The molecule has 102 valence electrons. The van der Waals surface area contributed by atoms with Crippen molar-refractivity contribution in [1.29, 1.82) is 0 Å². The standard InChI is InChI=1S/C14H18N2O3/c1-10-5-4-7-14(9-10,13(18)19)16-12(17)11-6-2-3-8-15-11/h2-3,6,8,10H,4-5,7,9H2,1H3,(H,16,17)(H,18,19)/t10-,14-/m0/s1. The molecule has 1 aromatic heterocycles. The molecular formula is C14H18N2O3. The van der Waals surface area contributed by atoms with Gasteiger partial charge in [-0.25, -0.2) is 4.79 Å². The molecule has 1 heterocycles. The molecule has 0 bridgehead atoms. The molecule has 1 saturated carbocycles. The first kappa shape index (κ1) is 13.5. The topological polar surface area (TPSA) is 79.3 Å². The maximum Gasteiger partial charge on any atom is 0.329 e. The minimum Gasteiger partial charge on any atom is -0.480 e. The number of carboxylic acids is 1. The predicted octanol–water partition coefficient (Wildman–Crippen LogP) is 1.84. The summed E-state index contributed by atoms with van der Waals surface area (Å²) in [6.07, 6.45) is 4.29. The van der Waals surface area contributed by atoms with Gasteiger partial charge in [0.2, 0.25) is 0 Å². The van der Waals surface area contributed by atoms with Crippen LogP contribution >= 0.6 is 0 Å². The molecule has 5 heteroatoms. The first-order chi connectivity index (χ1) is 9.03. The highest BCUT2D eigenvalue weighted by atomic mass is 16.4. The van der Waals surface area contributed by atoms with Crippen LogP contribution in [0.2, 0.25) is 0 Å². The number of aliphatic carboxylic acids is 1. The number of nitrogens with zero attached hydrogens (tertiary/aromatic N) is 1. The van der Waals surface area contributed by atoms with Crippen molar-refractivity contribution in [3.63, 3.8) is 0 Å². The van der Waals surface area contributed by atoms with E-state index in [1.165, 1.54) is 6.20 Å². The van der Waals surface area contributed by atoms with Crippen molar-refractivity contribution >= 4 is 11.9 Å². The van der Waals surface area contributed by atoms with Crippen LogP contribution in [-0.2, 0) is 4.79 Å². The highest BCUT2D eigenvalue weighted by molar-refractivity contribution is 5.96. The number of carbonyl (C=O) groups is 2. The first-order valence-electron chi connectivity index (χ1n) is 6.50. The van der Waals surface area contributed by atoms with Gasteiger partial charge in [-0.2, -0.15) is 0 Å². The normalized spacial score (nSPS) is 26.7. The Balaban J connectivity index is 2.18. The van der Waals surface area contributed by atoms with E-state index >= 15 is 0 Å². The Kier molecular flexibility index (Phi) is 3.83. The number of rotatable bonds is 3. The van der Waals surface area contributed by atoms with Gasteiger partial charge in [0.1, 0.15) is 11.2 Å². The van der Waals surface area contributed by atoms with Gasteiger partial charge < -0.3 is 10.4 Å². The van der Waals surface area contributed by atoms with E-state index in [0.717, 1.165) is 12.8 Å². The molecular weight excluding hydrogens is 244 g/mol. The molecule has 2 rings (SSSR count). The zero-order chi connectivity index (χ0) is 13.9. The maximum atomic E-state index is 12.1. The van der Waals surface area contributed by atoms with Crippen LogP contribution < -0.4 is 5.32 Å². The Hall–Kier alpha value is -1.91. The van der Waals surface area contributed by atoms with Crippen molar-refractivity contribution in [2.45, 2.75) is 38.1 Å². The van der Waals surface area contributed by atoms with Crippen LogP contribution in [0.15, 0.2) is 24.4 Å². The largest absolute Gasteiger partial charge is 0.480 e. The highest BCUT2D eigenvalue weighted by Gasteiger charge is 2.43. The number of nitrogens with one attached hydrogen (secondary N) is 1. The molecule has 5 nitrogen and oxygen atoms in total. The Morgan fingerprint density at radius 1 is 1.47 bits per heavy atom. The molecule has 1 aliphatic rings. The van der Waals surface area contributed by atoms with E-state index < -0.39 is 17.4 Å². The lowest BCUT2D eigenvalue weighted by Crippen LogP contribution is -2.56. The molecule has 0 unspecified atom stereocenters. The van der Waals surface area contributed by atoms with Gasteiger partial charge in [0.05, 0.1) is 0 Å². The summed E-state index contributed by atoms with van der Waals surface area (Å²) in [6.45, 7) is 2.02. The van der Waals surface area contributed by atoms with Crippen molar-refractivity contribution < 1.29 is 14.7 Å². The average Bonchev–Trinajstić information content (AvgIpc) is 2.39. The number of pyridine rings is 1. The Labute approximate surface area is 112 Å². The maximum absolute atomic E-state index is 12.1. The zero-order valence-corrected chi connectivity index (χ0v) is 10.9. The summed E-state index contributed by atoms with van der Waals surface area (Å²) >= 11 is 0. The molecule has 0 aromatic carbocycles. The lowest BCUT2D eigenvalue weighted by Gasteiger charge is -2.36. The Bertz CT molecular complexity index is 475. The van der Waals surface area contributed by atoms with Crippen LogP contribution in [0.1, 0.15) is 43.1 Å². The molecule has 19 heavy (non-hydrogen) atoms. The molecule has 1 amide bonds. The number of amides is 1. The van der Waals surface area contributed by atoms with E-state index in [0.29, 0.717) is 18.8 Å². The number of carbonyl (C=O) groups excluding carboxylic acids is 1. The summed E-state index contributed by atoms with van der Waals surface area (Å²) in [7, 11) is 0. The van der Waals surface area contributed by atoms with Crippen molar-refractivity contribution in [3.8, 4) is 0 Å². The highest BCUT2D eigenvalue weighted by Crippen LogP contribution is 2.32. The molecule has 0 aliphatic heterocycles. The lowest BCUT2D eigenvalue weighted by atomic mass is 9.76. The monoisotopic (exact) mass is 262 g/mol. The summed E-state index contributed by atoms with van der Waals surface area (Å²) in [6, 6.07) is 5.00. The molecule has 0 radical (unpaired) electrons. The molecule has 2 atom stereocenters. The molecule has 0 saturated heterocycles. The third-order valence-electron chi connectivity index (χ3n) is 3.66. The Morgan fingerprint density at radius 2 is 2.26 bits per heavy atom. The third-order valence-corrected chi connectivity index (χ3v) is 3.66. The van der Waals surface area contributed by atoms with E-state index in [2.05, 4.69) is 10.3 Å². The van der Waals surface area contributed by atoms with Crippen LogP contribution in [0.25, 0.3) is 0 Å². The zero-order valence-electron chi connectivity index (χ0n) is 10.9. The van der Waals surface area contributed by atoms with Gasteiger partial charge in [0, 0.05) is 6.20 Å². The van der Waals surface area contributed by atoms with E-state index in [1.54, 1.807) is 18.2 Å². The van der Waals surface area contributed by atoms with Crippen molar-refractivity contribution in [1.82, 2.24) is 10.3 Å². The summed E-state index contributed by atoms with van der Waals surface area (Å²) in [5.41, 5.74) is -0.895. The van der Waals surface area contributed by atoms with Crippen LogP contribution in [0.5, 0.6) is 0 Å². The minimum absolute atomic E-state index is 0.251. The molecule has 1 aliphatic carbocycles. The predicted molar refractivity (Wildman–Crippen MR) is 69.7 cm³/mol. The summed E-state index contributed by atoms with van der Waals surface area (Å²) in [5, 5.41) is 12.1. The molecule has 1 aromatic rings.